The van der Waals surface area contributed by atoms with Gasteiger partial charge in [0.05, 0.1) is 11.9 Å². The van der Waals surface area contributed by atoms with Gasteiger partial charge in [-0.05, 0) is 50.2 Å². The zero-order chi connectivity index (χ0) is 17.9. The summed E-state index contributed by atoms with van der Waals surface area (Å²) < 4.78 is 1.75. The number of rotatable bonds is 5. The van der Waals surface area contributed by atoms with E-state index in [1.165, 1.54) is 25.0 Å². The van der Waals surface area contributed by atoms with Gasteiger partial charge in [-0.15, -0.1) is 5.10 Å². The molecule has 1 N–H and O–H groups in total. The number of nitrogens with zero attached hydrogens (tertiary/aromatic N) is 4. The van der Waals surface area contributed by atoms with E-state index in [1.54, 1.807) is 4.52 Å². The van der Waals surface area contributed by atoms with E-state index in [4.69, 9.17) is 0 Å². The lowest BCUT2D eigenvalue weighted by Gasteiger charge is -2.14. The Morgan fingerprint density at radius 1 is 1.15 bits per heavy atom. The Balaban J connectivity index is 1.62. The molecule has 0 spiro atoms. The van der Waals surface area contributed by atoms with Gasteiger partial charge in [0, 0.05) is 19.3 Å². The minimum atomic E-state index is -0.254. The SMILES string of the molecule is O=C1C=CC(=Nc2c(NCCN3CCCC3)nn3ccccc23)C(=O)C1. The molecule has 0 bridgehead atoms. The number of fused-ring (bicyclic) bond motifs is 1. The summed E-state index contributed by atoms with van der Waals surface area (Å²) in [5, 5.41) is 7.92. The van der Waals surface area contributed by atoms with Crippen LogP contribution in [0.25, 0.3) is 5.52 Å². The third-order valence-corrected chi connectivity index (χ3v) is 4.71. The zero-order valence-corrected chi connectivity index (χ0v) is 14.5. The van der Waals surface area contributed by atoms with Gasteiger partial charge in [0.15, 0.2) is 17.4 Å². The summed E-state index contributed by atoms with van der Waals surface area (Å²) in [6.45, 7) is 4.02. The molecule has 7 nitrogen and oxygen atoms in total. The second kappa shape index (κ2) is 7.21. The van der Waals surface area contributed by atoms with Crippen molar-refractivity contribution in [1.29, 1.82) is 0 Å². The molecule has 4 rings (SSSR count). The molecule has 0 aromatic carbocycles. The van der Waals surface area contributed by atoms with Crippen molar-refractivity contribution < 1.29 is 9.59 Å². The van der Waals surface area contributed by atoms with E-state index in [-0.39, 0.29) is 18.0 Å². The maximum Gasteiger partial charge on any atom is 0.188 e. The number of allylic oxidation sites excluding steroid dienone is 2. The molecule has 0 radical (unpaired) electrons. The minimum absolute atomic E-state index is 0.119. The van der Waals surface area contributed by atoms with Gasteiger partial charge in [-0.2, -0.15) is 0 Å². The topological polar surface area (TPSA) is 79.1 Å². The van der Waals surface area contributed by atoms with Crippen LogP contribution in [-0.4, -0.2) is 58.0 Å². The summed E-state index contributed by atoms with van der Waals surface area (Å²) in [7, 11) is 0. The fourth-order valence-electron chi connectivity index (χ4n) is 3.35. The Labute approximate surface area is 151 Å². The lowest BCUT2D eigenvalue weighted by molar-refractivity contribution is -0.121. The molecule has 2 aromatic rings. The molecular formula is C19H21N5O2. The number of hydrogen-bond donors (Lipinski definition) is 1. The molecule has 2 aliphatic rings. The van der Waals surface area contributed by atoms with E-state index in [0.29, 0.717) is 17.2 Å². The van der Waals surface area contributed by atoms with E-state index in [9.17, 15) is 9.59 Å². The molecule has 134 valence electrons. The average Bonchev–Trinajstić information content (AvgIpc) is 3.26. The summed E-state index contributed by atoms with van der Waals surface area (Å²) >= 11 is 0. The van der Waals surface area contributed by atoms with Crippen LogP contribution in [-0.2, 0) is 9.59 Å². The summed E-state index contributed by atoms with van der Waals surface area (Å²) in [5.41, 5.74) is 1.75. The van der Waals surface area contributed by atoms with E-state index in [2.05, 4.69) is 20.3 Å². The van der Waals surface area contributed by atoms with Crippen molar-refractivity contribution in [3.8, 4) is 0 Å². The number of Topliss-reactive ketones (excluding diaryl/α,β-unsaturated/α-hetero) is 1. The van der Waals surface area contributed by atoms with Crippen LogP contribution in [0, 0.1) is 0 Å². The normalized spacial score (nSPS) is 19.8. The highest BCUT2D eigenvalue weighted by molar-refractivity contribution is 6.50. The lowest BCUT2D eigenvalue weighted by Crippen LogP contribution is -2.26. The second-order valence-corrected chi connectivity index (χ2v) is 6.60. The summed E-state index contributed by atoms with van der Waals surface area (Å²) in [6, 6.07) is 5.73. The quantitative estimate of drug-likeness (QED) is 0.834. The van der Waals surface area contributed by atoms with Crippen LogP contribution in [0.5, 0.6) is 0 Å². The molecule has 26 heavy (non-hydrogen) atoms. The number of carbonyl (C=O) groups is 2. The monoisotopic (exact) mass is 351 g/mol. The van der Waals surface area contributed by atoms with E-state index in [0.717, 1.165) is 31.7 Å². The van der Waals surface area contributed by atoms with Crippen molar-refractivity contribution >= 4 is 34.3 Å². The molecule has 0 unspecified atom stereocenters. The van der Waals surface area contributed by atoms with Crippen molar-refractivity contribution in [2.24, 2.45) is 4.99 Å². The van der Waals surface area contributed by atoms with E-state index >= 15 is 0 Å². The number of pyridine rings is 1. The number of hydrogen-bond acceptors (Lipinski definition) is 6. The molecule has 0 atom stereocenters. The van der Waals surface area contributed by atoms with E-state index < -0.39 is 0 Å². The highest BCUT2D eigenvalue weighted by atomic mass is 16.1. The number of aliphatic imine (C=N–C) groups is 1. The smallest absolute Gasteiger partial charge is 0.188 e. The number of aromatic nitrogens is 2. The highest BCUT2D eigenvalue weighted by Crippen LogP contribution is 2.30. The zero-order valence-electron chi connectivity index (χ0n) is 14.5. The van der Waals surface area contributed by atoms with Crippen molar-refractivity contribution in [3.05, 3.63) is 36.5 Å². The predicted octanol–water partition coefficient (Wildman–Crippen LogP) is 2.01. The third kappa shape index (κ3) is 3.43. The number of likely N-dealkylation sites (tertiary alicyclic amines) is 1. The maximum atomic E-state index is 12.1. The van der Waals surface area contributed by atoms with Gasteiger partial charge in [-0.3, -0.25) is 9.59 Å². The van der Waals surface area contributed by atoms with Crippen LogP contribution in [0.4, 0.5) is 11.5 Å². The maximum absolute atomic E-state index is 12.1. The number of carbonyl (C=O) groups excluding carboxylic acids is 2. The predicted molar refractivity (Wildman–Crippen MR) is 100 cm³/mol. The van der Waals surface area contributed by atoms with Gasteiger partial charge in [0.25, 0.3) is 0 Å². The molecule has 0 saturated carbocycles. The molecule has 1 aliphatic carbocycles. The van der Waals surface area contributed by atoms with Gasteiger partial charge < -0.3 is 10.2 Å². The molecule has 3 heterocycles. The van der Waals surface area contributed by atoms with Crippen molar-refractivity contribution in [3.63, 3.8) is 0 Å². The van der Waals surface area contributed by atoms with Crippen molar-refractivity contribution in [2.45, 2.75) is 19.3 Å². The molecule has 7 heteroatoms. The standard InChI is InChI=1S/C19H21N5O2/c25-14-6-7-15(17(26)13-14)21-18-16-5-1-2-11-24(16)22-19(18)20-8-12-23-9-3-4-10-23/h1-2,5-7,11H,3-4,8-10,12-13H2,(H,20,22). The van der Waals surface area contributed by atoms with Crippen LogP contribution in [0.3, 0.4) is 0 Å². The number of anilines is 1. The number of nitrogens with one attached hydrogen (secondary N) is 1. The van der Waals surface area contributed by atoms with Crippen LogP contribution < -0.4 is 5.32 Å². The van der Waals surface area contributed by atoms with Gasteiger partial charge in [0.2, 0.25) is 0 Å². The fourth-order valence-corrected chi connectivity index (χ4v) is 3.35. The minimum Gasteiger partial charge on any atom is -0.365 e. The highest BCUT2D eigenvalue weighted by Gasteiger charge is 2.20. The summed E-state index contributed by atoms with van der Waals surface area (Å²) in [6.07, 6.45) is 7.17. The van der Waals surface area contributed by atoms with Crippen LogP contribution in [0.15, 0.2) is 41.5 Å². The van der Waals surface area contributed by atoms with Crippen LogP contribution in [0.1, 0.15) is 19.3 Å². The molecule has 1 fully saturated rings. The summed E-state index contributed by atoms with van der Waals surface area (Å²) in [5.74, 6) is 0.217. The van der Waals surface area contributed by atoms with Crippen molar-refractivity contribution in [1.82, 2.24) is 14.5 Å². The van der Waals surface area contributed by atoms with Crippen LogP contribution in [0.2, 0.25) is 0 Å². The fraction of sp³-hybridized carbons (Fsp3) is 0.368. The largest absolute Gasteiger partial charge is 0.365 e. The summed E-state index contributed by atoms with van der Waals surface area (Å²) in [4.78, 5) is 30.4. The average molecular weight is 351 g/mol. The van der Waals surface area contributed by atoms with E-state index in [1.807, 2.05) is 24.4 Å². The lowest BCUT2D eigenvalue weighted by atomic mass is 10.0. The first-order chi connectivity index (χ1) is 12.7. The Bertz CT molecular complexity index is 906. The molecule has 2 aromatic heterocycles. The number of ketones is 2. The van der Waals surface area contributed by atoms with Gasteiger partial charge in [-0.25, -0.2) is 9.51 Å². The Hall–Kier alpha value is -2.80. The first kappa shape index (κ1) is 16.7. The third-order valence-electron chi connectivity index (χ3n) is 4.71. The van der Waals surface area contributed by atoms with Gasteiger partial charge in [0.1, 0.15) is 11.4 Å². The molecule has 1 saturated heterocycles. The molecule has 1 aliphatic heterocycles. The Morgan fingerprint density at radius 3 is 2.81 bits per heavy atom. The Morgan fingerprint density at radius 2 is 2.00 bits per heavy atom. The molecular weight excluding hydrogens is 330 g/mol. The van der Waals surface area contributed by atoms with Crippen molar-refractivity contribution in [2.75, 3.05) is 31.5 Å². The second-order valence-electron chi connectivity index (χ2n) is 6.60. The Kier molecular flexibility index (Phi) is 4.62. The first-order valence-corrected chi connectivity index (χ1v) is 8.97. The van der Waals surface area contributed by atoms with Gasteiger partial charge in [-0.1, -0.05) is 6.07 Å². The van der Waals surface area contributed by atoms with Crippen LogP contribution >= 0.6 is 0 Å². The molecule has 0 amide bonds. The first-order valence-electron chi connectivity index (χ1n) is 8.97. The van der Waals surface area contributed by atoms with Gasteiger partial charge >= 0.3 is 0 Å².